The molecule has 0 radical (unpaired) electrons. The maximum Gasteiger partial charge on any atom is 0.261 e. The molecule has 114 valence electrons. The first kappa shape index (κ1) is 16.5. The second kappa shape index (κ2) is 6.91. The first-order valence-electron chi connectivity index (χ1n) is 7.60. The first-order chi connectivity index (χ1) is 10.5. The molecule has 2 rings (SSSR count). The van der Waals surface area contributed by atoms with E-state index in [1.807, 2.05) is 12.1 Å². The molecule has 0 spiro atoms. The molecule has 0 saturated carbocycles. The monoisotopic (exact) mass is 309 g/mol. The van der Waals surface area contributed by atoms with Crippen LogP contribution in [0, 0.1) is 6.57 Å². The fraction of sp³-hybridized carbons (Fsp3) is 0.316. The van der Waals surface area contributed by atoms with Gasteiger partial charge in [-0.3, -0.25) is 0 Å². The second-order valence-electron chi connectivity index (χ2n) is 6.39. The van der Waals surface area contributed by atoms with Gasteiger partial charge in [-0.1, -0.05) is 81.4 Å². The van der Waals surface area contributed by atoms with Crippen molar-refractivity contribution >= 4 is 18.7 Å². The highest BCUT2D eigenvalue weighted by molar-refractivity contribution is 6.99. The zero-order chi connectivity index (χ0) is 16.1. The summed E-state index contributed by atoms with van der Waals surface area (Å²) in [6.45, 7) is 14.7. The Kier molecular flexibility index (Phi) is 5.18. The van der Waals surface area contributed by atoms with Gasteiger partial charge in [0.2, 0.25) is 6.54 Å². The van der Waals surface area contributed by atoms with Crippen LogP contribution in [0.25, 0.3) is 4.85 Å². The molecule has 0 aliphatic rings. The van der Waals surface area contributed by atoms with E-state index in [2.05, 4.69) is 74.1 Å². The average Bonchev–Trinajstić information content (AvgIpc) is 2.52. The second-order valence-corrected chi connectivity index (χ2v) is 10.7. The standard InChI is InChI=1S/C19H23NOSi/c1-19(2,3)22(21-16-15-20-4,17-11-7-5-8-12-17)18-13-9-6-10-14-18/h5-14H,15-16H2,1-3H3. The van der Waals surface area contributed by atoms with E-state index in [1.54, 1.807) is 0 Å². The van der Waals surface area contributed by atoms with Crippen molar-refractivity contribution in [3.05, 3.63) is 72.1 Å². The summed E-state index contributed by atoms with van der Waals surface area (Å²) in [6, 6.07) is 21.0. The van der Waals surface area contributed by atoms with Gasteiger partial charge < -0.3 is 9.27 Å². The lowest BCUT2D eigenvalue weighted by atomic mass is 10.2. The molecular formula is C19H23NOSi. The summed E-state index contributed by atoms with van der Waals surface area (Å²) in [6.07, 6.45) is 0. The van der Waals surface area contributed by atoms with Gasteiger partial charge in [-0.25, -0.2) is 6.57 Å². The first-order valence-corrected chi connectivity index (χ1v) is 9.51. The molecule has 3 heteroatoms. The zero-order valence-corrected chi connectivity index (χ0v) is 14.5. The minimum absolute atomic E-state index is 0.0161. The van der Waals surface area contributed by atoms with Gasteiger partial charge in [0, 0.05) is 0 Å². The molecule has 0 unspecified atom stereocenters. The Morgan fingerprint density at radius 2 is 1.36 bits per heavy atom. The van der Waals surface area contributed by atoms with Crippen LogP contribution in [0.15, 0.2) is 60.7 Å². The van der Waals surface area contributed by atoms with Crippen LogP contribution in [0.2, 0.25) is 5.04 Å². The molecule has 22 heavy (non-hydrogen) atoms. The summed E-state index contributed by atoms with van der Waals surface area (Å²) in [5.74, 6) is 0. The predicted molar refractivity (Wildman–Crippen MR) is 95.0 cm³/mol. The molecule has 0 fully saturated rings. The van der Waals surface area contributed by atoms with Crippen LogP contribution in [-0.4, -0.2) is 21.5 Å². The number of hydrogen-bond acceptors (Lipinski definition) is 1. The highest BCUT2D eigenvalue weighted by Crippen LogP contribution is 2.36. The van der Waals surface area contributed by atoms with E-state index < -0.39 is 8.32 Å². The summed E-state index contributed by atoms with van der Waals surface area (Å²) in [5, 5.41) is 2.51. The number of hydrogen-bond donors (Lipinski definition) is 0. The number of nitrogens with zero attached hydrogens (tertiary/aromatic N) is 1. The third-order valence-electron chi connectivity index (χ3n) is 3.94. The van der Waals surface area contributed by atoms with Gasteiger partial charge >= 0.3 is 0 Å². The molecule has 2 nitrogen and oxygen atoms in total. The molecule has 0 saturated heterocycles. The Labute approximate surface area is 134 Å². The molecule has 0 bridgehead atoms. The van der Waals surface area contributed by atoms with Gasteiger partial charge in [-0.05, 0) is 15.4 Å². The summed E-state index contributed by atoms with van der Waals surface area (Å²) >= 11 is 0. The molecule has 0 atom stereocenters. The van der Waals surface area contributed by atoms with Crippen LogP contribution < -0.4 is 10.4 Å². The zero-order valence-electron chi connectivity index (χ0n) is 13.5. The Morgan fingerprint density at radius 3 is 1.73 bits per heavy atom. The lowest BCUT2D eigenvalue weighted by Gasteiger charge is -2.42. The lowest BCUT2D eigenvalue weighted by Crippen LogP contribution is -2.66. The van der Waals surface area contributed by atoms with Gasteiger partial charge in [0.15, 0.2) is 0 Å². The summed E-state index contributed by atoms with van der Waals surface area (Å²) in [4.78, 5) is 3.46. The third-order valence-corrected chi connectivity index (χ3v) is 8.98. The molecular weight excluding hydrogens is 286 g/mol. The minimum atomic E-state index is -2.43. The van der Waals surface area contributed by atoms with Crippen molar-refractivity contribution in [1.29, 1.82) is 0 Å². The smallest absolute Gasteiger partial charge is 0.261 e. The topological polar surface area (TPSA) is 13.6 Å². The number of benzene rings is 2. The van der Waals surface area contributed by atoms with Crippen molar-refractivity contribution in [2.24, 2.45) is 0 Å². The molecule has 0 aromatic heterocycles. The molecule has 2 aromatic rings. The van der Waals surface area contributed by atoms with Gasteiger partial charge in [-0.15, -0.1) is 0 Å². The van der Waals surface area contributed by atoms with Crippen LogP contribution in [0.1, 0.15) is 20.8 Å². The van der Waals surface area contributed by atoms with Gasteiger partial charge in [0.1, 0.15) is 6.61 Å². The lowest BCUT2D eigenvalue weighted by molar-refractivity contribution is 0.315. The summed E-state index contributed by atoms with van der Waals surface area (Å²) < 4.78 is 6.53. The van der Waals surface area contributed by atoms with E-state index in [0.29, 0.717) is 13.2 Å². The van der Waals surface area contributed by atoms with Crippen LogP contribution in [0.5, 0.6) is 0 Å². The Morgan fingerprint density at radius 1 is 0.909 bits per heavy atom. The van der Waals surface area contributed by atoms with Crippen molar-refractivity contribution in [1.82, 2.24) is 0 Å². The van der Waals surface area contributed by atoms with Gasteiger partial charge in [0.25, 0.3) is 8.32 Å². The molecule has 0 N–H and O–H groups in total. The maximum atomic E-state index is 7.04. The molecule has 0 amide bonds. The predicted octanol–water partition coefficient (Wildman–Crippen LogP) is 3.48. The van der Waals surface area contributed by atoms with Crippen molar-refractivity contribution in [3.63, 3.8) is 0 Å². The normalized spacial score (nSPS) is 11.9. The minimum Gasteiger partial charge on any atom is -0.400 e. The molecule has 0 aliphatic carbocycles. The largest absolute Gasteiger partial charge is 0.400 e. The van der Waals surface area contributed by atoms with Crippen molar-refractivity contribution < 1.29 is 4.43 Å². The van der Waals surface area contributed by atoms with E-state index >= 15 is 0 Å². The fourth-order valence-corrected chi connectivity index (χ4v) is 7.56. The van der Waals surface area contributed by atoms with Crippen molar-refractivity contribution in [2.75, 3.05) is 13.2 Å². The summed E-state index contributed by atoms with van der Waals surface area (Å²) in [7, 11) is -2.43. The van der Waals surface area contributed by atoms with Crippen LogP contribution in [0.3, 0.4) is 0 Å². The van der Waals surface area contributed by atoms with Crippen LogP contribution >= 0.6 is 0 Å². The van der Waals surface area contributed by atoms with Crippen molar-refractivity contribution in [2.45, 2.75) is 25.8 Å². The molecule has 2 aromatic carbocycles. The maximum absolute atomic E-state index is 7.04. The van der Waals surface area contributed by atoms with Crippen molar-refractivity contribution in [3.8, 4) is 0 Å². The molecule has 0 aliphatic heterocycles. The SMILES string of the molecule is [C-]#[N+]CCO[Si](c1ccccc1)(c1ccccc1)C(C)(C)C. The van der Waals surface area contributed by atoms with E-state index in [9.17, 15) is 0 Å². The number of rotatable bonds is 5. The van der Waals surface area contributed by atoms with Crippen LogP contribution in [-0.2, 0) is 4.43 Å². The van der Waals surface area contributed by atoms with E-state index in [-0.39, 0.29) is 5.04 Å². The van der Waals surface area contributed by atoms with Gasteiger partial charge in [0.05, 0.1) is 0 Å². The summed E-state index contributed by atoms with van der Waals surface area (Å²) in [5.41, 5.74) is 0. The average molecular weight is 309 g/mol. The fourth-order valence-electron chi connectivity index (χ4n) is 3.01. The Balaban J connectivity index is 2.62. The highest BCUT2D eigenvalue weighted by atomic mass is 28.4. The highest BCUT2D eigenvalue weighted by Gasteiger charge is 2.50. The van der Waals surface area contributed by atoms with Gasteiger partial charge in [-0.2, -0.15) is 0 Å². The Bertz CT molecular complexity index is 586. The van der Waals surface area contributed by atoms with E-state index in [0.717, 1.165) is 0 Å². The third kappa shape index (κ3) is 3.14. The Hall–Kier alpha value is -1.89. The van der Waals surface area contributed by atoms with E-state index in [4.69, 9.17) is 11.0 Å². The van der Waals surface area contributed by atoms with E-state index in [1.165, 1.54) is 10.4 Å². The molecule has 0 heterocycles. The quantitative estimate of drug-likeness (QED) is 0.468. The van der Waals surface area contributed by atoms with Crippen LogP contribution in [0.4, 0.5) is 0 Å².